The van der Waals surface area contributed by atoms with E-state index in [-0.39, 0.29) is 42.7 Å². The van der Waals surface area contributed by atoms with Gasteiger partial charge in [0.05, 0.1) is 48.4 Å². The summed E-state index contributed by atoms with van der Waals surface area (Å²) in [5.41, 5.74) is -1.52. The van der Waals surface area contributed by atoms with Gasteiger partial charge in [0.1, 0.15) is 6.10 Å². The largest absolute Gasteiger partial charge is 0.392 e. The first kappa shape index (κ1) is 35.9. The molecule has 0 aromatic rings. The predicted octanol–water partition coefficient (Wildman–Crippen LogP) is 0.962. The molecule has 2 saturated heterocycles. The number of ether oxygens (including phenoxy) is 2. The summed E-state index contributed by atoms with van der Waals surface area (Å²) in [6.07, 6.45) is -4.50. The van der Waals surface area contributed by atoms with Crippen LogP contribution in [0.4, 0.5) is 0 Å². The van der Waals surface area contributed by atoms with Gasteiger partial charge in [-0.25, -0.2) is 0 Å². The molecule has 2 aliphatic rings. The summed E-state index contributed by atoms with van der Waals surface area (Å²) in [6, 6.07) is -0.901. The van der Waals surface area contributed by atoms with Crippen LogP contribution in [0.1, 0.15) is 74.1 Å². The Balaban J connectivity index is 2.48. The maximum atomic E-state index is 13.4. The quantitative estimate of drug-likeness (QED) is 0.317. The summed E-state index contributed by atoms with van der Waals surface area (Å²) < 4.78 is 12.4. The molecular weight excluding hydrogens is 530 g/mol. The molecule has 41 heavy (non-hydrogen) atoms. The number of rotatable bonds is 5. The highest BCUT2D eigenvalue weighted by atomic mass is 16.7. The van der Waals surface area contributed by atoms with Crippen LogP contribution in [0.25, 0.3) is 0 Å². The number of amides is 2. The molecule has 0 radical (unpaired) electrons. The molecule has 0 saturated carbocycles. The van der Waals surface area contributed by atoms with Gasteiger partial charge in [0.15, 0.2) is 6.29 Å². The lowest BCUT2D eigenvalue weighted by Crippen LogP contribution is -2.59. The van der Waals surface area contributed by atoms with Crippen LogP contribution in [-0.4, -0.2) is 124 Å². The molecule has 12 atom stereocenters. The molecule has 2 heterocycles. The fraction of sp³-hybridized carbons (Fsp3) is 0.933. The van der Waals surface area contributed by atoms with Crippen molar-refractivity contribution >= 4 is 11.8 Å². The minimum absolute atomic E-state index is 0.146. The van der Waals surface area contributed by atoms with Gasteiger partial charge in [0.2, 0.25) is 11.8 Å². The van der Waals surface area contributed by atoms with E-state index in [1.807, 2.05) is 46.7 Å². The van der Waals surface area contributed by atoms with Crippen LogP contribution in [0, 0.1) is 23.7 Å². The molecule has 11 nitrogen and oxygen atoms in total. The highest BCUT2D eigenvalue weighted by Crippen LogP contribution is 2.35. The molecule has 11 heteroatoms. The average Bonchev–Trinajstić information content (AvgIpc) is 2.85. The summed E-state index contributed by atoms with van der Waals surface area (Å²) in [5.74, 6) is -2.43. The third-order valence-electron chi connectivity index (χ3n) is 8.79. The molecule has 0 aliphatic carbocycles. The number of carbonyl (C=O) groups excluding carboxylic acids is 2. The first-order valence-electron chi connectivity index (χ1n) is 15.1. The zero-order chi connectivity index (χ0) is 31.4. The highest BCUT2D eigenvalue weighted by Gasteiger charge is 2.47. The summed E-state index contributed by atoms with van der Waals surface area (Å²) in [7, 11) is 5.41. The lowest BCUT2D eigenvalue weighted by molar-refractivity contribution is -0.299. The van der Waals surface area contributed by atoms with Gasteiger partial charge in [0.25, 0.3) is 0 Å². The van der Waals surface area contributed by atoms with Crippen LogP contribution in [0.2, 0.25) is 0 Å². The number of nitrogens with one attached hydrogen (secondary N) is 1. The zero-order valence-corrected chi connectivity index (χ0v) is 26.8. The molecule has 2 amide bonds. The Bertz CT molecular complexity index is 856. The highest BCUT2D eigenvalue weighted by molar-refractivity contribution is 5.80. The number of hydrogen-bond donors (Lipinski definition) is 5. The maximum Gasteiger partial charge on any atom is 0.225 e. The van der Waals surface area contributed by atoms with Crippen molar-refractivity contribution in [3.63, 3.8) is 0 Å². The summed E-state index contributed by atoms with van der Waals surface area (Å²) in [6.45, 7) is 13.0. The van der Waals surface area contributed by atoms with Crippen molar-refractivity contribution in [3.8, 4) is 0 Å². The van der Waals surface area contributed by atoms with Gasteiger partial charge >= 0.3 is 0 Å². The minimum atomic E-state index is -1.52. The fourth-order valence-electron chi connectivity index (χ4n) is 6.49. The lowest BCUT2D eigenvalue weighted by atomic mass is 9.77. The van der Waals surface area contributed by atoms with Gasteiger partial charge in [-0.05, 0) is 59.0 Å². The van der Waals surface area contributed by atoms with Crippen molar-refractivity contribution in [2.24, 2.45) is 23.7 Å². The fourth-order valence-corrected chi connectivity index (χ4v) is 6.49. The number of aliphatic hydroxyl groups excluding tert-OH is 3. The molecule has 0 unspecified atom stereocenters. The normalized spacial score (nSPS) is 42.6. The molecule has 2 rings (SSSR count). The van der Waals surface area contributed by atoms with E-state index in [1.165, 1.54) is 4.90 Å². The number of hydrogen-bond acceptors (Lipinski definition) is 9. The van der Waals surface area contributed by atoms with Gasteiger partial charge in [0, 0.05) is 25.6 Å². The predicted molar refractivity (Wildman–Crippen MR) is 156 cm³/mol. The van der Waals surface area contributed by atoms with Gasteiger partial charge < -0.3 is 45.0 Å². The second kappa shape index (κ2) is 14.9. The van der Waals surface area contributed by atoms with Crippen molar-refractivity contribution in [1.29, 1.82) is 0 Å². The van der Waals surface area contributed by atoms with Gasteiger partial charge in [-0.1, -0.05) is 34.6 Å². The van der Waals surface area contributed by atoms with Gasteiger partial charge in [-0.3, -0.25) is 9.59 Å². The Morgan fingerprint density at radius 3 is 2.29 bits per heavy atom. The minimum Gasteiger partial charge on any atom is -0.392 e. The van der Waals surface area contributed by atoms with E-state index in [0.717, 1.165) is 0 Å². The second-order valence-electron chi connectivity index (χ2n) is 13.7. The van der Waals surface area contributed by atoms with E-state index in [1.54, 1.807) is 27.8 Å². The maximum absolute atomic E-state index is 13.4. The molecule has 0 aromatic carbocycles. The van der Waals surface area contributed by atoms with Gasteiger partial charge in [-0.15, -0.1) is 0 Å². The number of likely N-dealkylation sites (N-methyl/N-ethyl adjacent to an activating group) is 1. The van der Waals surface area contributed by atoms with Crippen molar-refractivity contribution in [1.82, 2.24) is 15.1 Å². The van der Waals surface area contributed by atoms with Crippen LogP contribution in [0.3, 0.4) is 0 Å². The lowest BCUT2D eigenvalue weighted by Gasteiger charge is -2.46. The average molecular weight is 588 g/mol. The van der Waals surface area contributed by atoms with Crippen molar-refractivity contribution < 1.29 is 39.5 Å². The first-order valence-corrected chi connectivity index (χ1v) is 15.1. The van der Waals surface area contributed by atoms with E-state index in [2.05, 4.69) is 5.32 Å². The summed E-state index contributed by atoms with van der Waals surface area (Å²) in [5, 5.41) is 48.3. The Labute approximate surface area is 246 Å². The van der Waals surface area contributed by atoms with Crippen molar-refractivity contribution in [2.45, 2.75) is 129 Å². The van der Waals surface area contributed by atoms with Crippen molar-refractivity contribution in [3.05, 3.63) is 0 Å². The molecule has 2 aliphatic heterocycles. The number of aliphatic hydroxyl groups is 4. The molecular formula is C30H57N3O8. The molecule has 0 bridgehead atoms. The Hall–Kier alpha value is -1.34. The third-order valence-corrected chi connectivity index (χ3v) is 8.79. The van der Waals surface area contributed by atoms with E-state index in [9.17, 15) is 30.0 Å². The monoisotopic (exact) mass is 587 g/mol. The van der Waals surface area contributed by atoms with Crippen LogP contribution in [0.15, 0.2) is 0 Å². The van der Waals surface area contributed by atoms with Gasteiger partial charge in [-0.2, -0.15) is 0 Å². The van der Waals surface area contributed by atoms with E-state index < -0.39 is 60.1 Å². The molecule has 240 valence electrons. The van der Waals surface area contributed by atoms with Crippen LogP contribution < -0.4 is 5.32 Å². The topological polar surface area (TPSA) is 152 Å². The Kier molecular flexibility index (Phi) is 13.0. The molecule has 0 aromatic heterocycles. The molecule has 2 fully saturated rings. The number of nitrogens with zero attached hydrogens (tertiary/aromatic N) is 2. The zero-order valence-electron chi connectivity index (χ0n) is 26.8. The van der Waals surface area contributed by atoms with E-state index in [0.29, 0.717) is 19.4 Å². The first-order chi connectivity index (χ1) is 18.8. The summed E-state index contributed by atoms with van der Waals surface area (Å²) in [4.78, 5) is 29.8. The third kappa shape index (κ3) is 9.58. The SMILES string of the molecule is CC(C)C[C@@H]1NC(=O)[C@H](C)[C@@H](O)[C@H](C)[C@@H](O[C@@H]2O[C@H](C)C[C@H](N(C)C)[C@H]2O)[C@](C)(O)C[C@@H](C)CN(C)C(=O)C[C@@H]1O. The Morgan fingerprint density at radius 2 is 1.73 bits per heavy atom. The summed E-state index contributed by atoms with van der Waals surface area (Å²) >= 11 is 0. The number of carbonyl (C=O) groups is 2. The standard InChI is InChI=1S/C30H57N3O8/c1-16(2)11-21-23(34)13-24(35)33(10)15-17(3)14-30(7,39)27(19(5)25(36)20(6)28(38)31-21)41-29-26(37)22(32(8)9)12-18(4)40-29/h16-23,25-27,29,34,36-37,39H,11-15H2,1-10H3,(H,31,38)/t17-,18-,19+,20-,21+,22+,23+,25+,26-,27-,29+,30-/m1/s1. The molecule has 5 N–H and O–H groups in total. The van der Waals surface area contributed by atoms with E-state index >= 15 is 0 Å². The van der Waals surface area contributed by atoms with Crippen LogP contribution in [0.5, 0.6) is 0 Å². The second-order valence-corrected chi connectivity index (χ2v) is 13.7. The van der Waals surface area contributed by atoms with Crippen molar-refractivity contribution in [2.75, 3.05) is 27.7 Å². The van der Waals surface area contributed by atoms with Crippen LogP contribution >= 0.6 is 0 Å². The Morgan fingerprint density at radius 1 is 1.12 bits per heavy atom. The van der Waals surface area contributed by atoms with Crippen LogP contribution in [-0.2, 0) is 19.1 Å². The van der Waals surface area contributed by atoms with E-state index in [4.69, 9.17) is 9.47 Å². The molecule has 0 spiro atoms. The smallest absolute Gasteiger partial charge is 0.225 e.